The molecule has 4 rings (SSSR count). The Kier molecular flexibility index (Phi) is 9.99. The third-order valence-electron chi connectivity index (χ3n) is 7.18. The first-order chi connectivity index (χ1) is 19.7. The maximum atomic E-state index is 14.0. The van der Waals surface area contributed by atoms with E-state index >= 15 is 0 Å². The summed E-state index contributed by atoms with van der Waals surface area (Å²) in [5.74, 6) is -0.744. The lowest BCUT2D eigenvalue weighted by Crippen LogP contribution is -2.52. The van der Waals surface area contributed by atoms with E-state index < -0.39 is 34.3 Å². The summed E-state index contributed by atoms with van der Waals surface area (Å²) in [5.41, 5.74) is 0.884. The van der Waals surface area contributed by atoms with E-state index in [9.17, 15) is 22.4 Å². The van der Waals surface area contributed by atoms with Gasteiger partial charge in [0.25, 0.3) is 10.0 Å². The van der Waals surface area contributed by atoms with Gasteiger partial charge >= 0.3 is 0 Å². The molecule has 1 aliphatic carbocycles. The standard InChI is InChI=1S/C31H36FN3O5S/c1-3-40-28-19-17-27(18-20-28)35(41(38,39)29-11-5-4-6-12-29)22-30(36)34(21-24-13-15-25(32)16-14-24)23(2)31(37)33-26-9-7-8-10-26/h4-6,11-20,23,26H,3,7-10,21-22H2,1-2H3,(H,33,37)/t23-/m0/s1. The number of sulfonamides is 1. The van der Waals surface area contributed by atoms with Gasteiger partial charge in [-0.1, -0.05) is 43.2 Å². The molecular formula is C31H36FN3O5S. The Balaban J connectivity index is 1.67. The monoisotopic (exact) mass is 581 g/mol. The maximum absolute atomic E-state index is 14.0. The number of rotatable bonds is 12. The first-order valence-electron chi connectivity index (χ1n) is 13.8. The van der Waals surface area contributed by atoms with E-state index in [1.165, 1.54) is 29.2 Å². The molecule has 218 valence electrons. The van der Waals surface area contributed by atoms with Crippen LogP contribution in [0.2, 0.25) is 0 Å². The van der Waals surface area contributed by atoms with Crippen LogP contribution in [0.3, 0.4) is 0 Å². The Labute approximate surface area is 241 Å². The van der Waals surface area contributed by atoms with Crippen LogP contribution < -0.4 is 14.4 Å². The molecule has 1 saturated carbocycles. The van der Waals surface area contributed by atoms with Gasteiger partial charge in [0.15, 0.2) is 0 Å². The van der Waals surface area contributed by atoms with Gasteiger partial charge in [0.05, 0.1) is 17.2 Å². The molecule has 1 aliphatic rings. The summed E-state index contributed by atoms with van der Waals surface area (Å²) in [6.45, 7) is 3.37. The molecule has 0 heterocycles. The average molecular weight is 582 g/mol. The predicted octanol–water partition coefficient (Wildman–Crippen LogP) is 4.90. The second kappa shape index (κ2) is 13.6. The number of anilines is 1. The molecule has 0 bridgehead atoms. The normalized spacial score (nSPS) is 14.3. The zero-order valence-corrected chi connectivity index (χ0v) is 24.1. The van der Waals surface area contributed by atoms with Crippen LogP contribution >= 0.6 is 0 Å². The molecule has 8 nitrogen and oxygen atoms in total. The number of hydrogen-bond donors (Lipinski definition) is 1. The fraction of sp³-hybridized carbons (Fsp3) is 0.355. The van der Waals surface area contributed by atoms with Gasteiger partial charge in [-0.15, -0.1) is 0 Å². The van der Waals surface area contributed by atoms with Crippen LogP contribution in [-0.4, -0.2) is 50.4 Å². The number of benzene rings is 3. The summed E-state index contributed by atoms with van der Waals surface area (Å²) in [4.78, 5) is 28.6. The van der Waals surface area contributed by atoms with E-state index in [-0.39, 0.29) is 29.1 Å². The number of carbonyl (C=O) groups is 2. The predicted molar refractivity (Wildman–Crippen MR) is 155 cm³/mol. The van der Waals surface area contributed by atoms with Crippen LogP contribution in [0, 0.1) is 5.82 Å². The minimum Gasteiger partial charge on any atom is -0.494 e. The zero-order valence-electron chi connectivity index (χ0n) is 23.3. The van der Waals surface area contributed by atoms with Crippen LogP contribution in [0.25, 0.3) is 0 Å². The van der Waals surface area contributed by atoms with Gasteiger partial charge in [-0.2, -0.15) is 0 Å². The minimum absolute atomic E-state index is 0.000862. The fourth-order valence-corrected chi connectivity index (χ4v) is 6.32. The van der Waals surface area contributed by atoms with E-state index in [0.717, 1.165) is 30.0 Å². The summed E-state index contributed by atoms with van der Waals surface area (Å²) in [6, 6.07) is 19.1. The summed E-state index contributed by atoms with van der Waals surface area (Å²) < 4.78 is 47.8. The van der Waals surface area contributed by atoms with Crippen LogP contribution in [0.1, 0.15) is 45.1 Å². The topological polar surface area (TPSA) is 96.0 Å². The zero-order chi connectivity index (χ0) is 29.4. The van der Waals surface area contributed by atoms with E-state index in [0.29, 0.717) is 17.9 Å². The molecule has 1 fully saturated rings. The number of nitrogens with zero attached hydrogens (tertiary/aromatic N) is 2. The van der Waals surface area contributed by atoms with Gasteiger partial charge in [0.1, 0.15) is 24.2 Å². The van der Waals surface area contributed by atoms with Crippen molar-refractivity contribution in [3.05, 3.63) is 90.2 Å². The number of ether oxygens (including phenoxy) is 1. The highest BCUT2D eigenvalue weighted by Crippen LogP contribution is 2.27. The smallest absolute Gasteiger partial charge is 0.264 e. The first-order valence-corrected chi connectivity index (χ1v) is 15.3. The van der Waals surface area contributed by atoms with Crippen molar-refractivity contribution >= 4 is 27.5 Å². The van der Waals surface area contributed by atoms with Crippen molar-refractivity contribution in [2.75, 3.05) is 17.5 Å². The van der Waals surface area contributed by atoms with Crippen molar-refractivity contribution in [2.45, 2.75) is 63.1 Å². The molecule has 0 saturated heterocycles. The van der Waals surface area contributed by atoms with Gasteiger partial charge in [-0.05, 0) is 80.8 Å². The third-order valence-corrected chi connectivity index (χ3v) is 8.97. The molecule has 1 atom stereocenters. The van der Waals surface area contributed by atoms with Crippen molar-refractivity contribution in [2.24, 2.45) is 0 Å². The average Bonchev–Trinajstić information content (AvgIpc) is 3.49. The number of carbonyl (C=O) groups excluding carboxylic acids is 2. The second-order valence-corrected chi connectivity index (χ2v) is 11.9. The summed E-state index contributed by atoms with van der Waals surface area (Å²) in [7, 11) is -4.16. The molecule has 0 unspecified atom stereocenters. The Morgan fingerprint density at radius 1 is 0.976 bits per heavy atom. The van der Waals surface area contributed by atoms with Crippen molar-refractivity contribution < 1.29 is 27.1 Å². The van der Waals surface area contributed by atoms with Crippen molar-refractivity contribution in [3.63, 3.8) is 0 Å². The van der Waals surface area contributed by atoms with Crippen LogP contribution in [0.15, 0.2) is 83.8 Å². The highest BCUT2D eigenvalue weighted by molar-refractivity contribution is 7.92. The first kappa shape index (κ1) is 30.0. The Bertz CT molecular complexity index is 1410. The molecule has 3 aromatic rings. The second-order valence-electron chi connectivity index (χ2n) is 10.1. The highest BCUT2D eigenvalue weighted by Gasteiger charge is 2.33. The van der Waals surface area contributed by atoms with Crippen molar-refractivity contribution in [1.29, 1.82) is 0 Å². The van der Waals surface area contributed by atoms with E-state index in [1.807, 2.05) is 6.92 Å². The molecule has 2 amide bonds. The van der Waals surface area contributed by atoms with Gasteiger partial charge < -0.3 is 15.0 Å². The number of amides is 2. The van der Waals surface area contributed by atoms with Crippen molar-refractivity contribution in [3.8, 4) is 5.75 Å². The quantitative estimate of drug-likeness (QED) is 0.329. The molecule has 0 aliphatic heterocycles. The fourth-order valence-electron chi connectivity index (χ4n) is 4.88. The van der Waals surface area contributed by atoms with Crippen LogP contribution in [0.4, 0.5) is 10.1 Å². The number of hydrogen-bond acceptors (Lipinski definition) is 5. The van der Waals surface area contributed by atoms with Crippen LogP contribution in [0.5, 0.6) is 5.75 Å². The van der Waals surface area contributed by atoms with Crippen molar-refractivity contribution in [1.82, 2.24) is 10.2 Å². The lowest BCUT2D eigenvalue weighted by Gasteiger charge is -2.32. The third kappa shape index (κ3) is 7.64. The Morgan fingerprint density at radius 3 is 2.22 bits per heavy atom. The van der Waals surface area contributed by atoms with E-state index in [4.69, 9.17) is 4.74 Å². The van der Waals surface area contributed by atoms with Gasteiger partial charge in [0, 0.05) is 12.6 Å². The number of halogens is 1. The highest BCUT2D eigenvalue weighted by atomic mass is 32.2. The summed E-state index contributed by atoms with van der Waals surface area (Å²) in [6.07, 6.45) is 3.83. The molecule has 41 heavy (non-hydrogen) atoms. The molecule has 3 aromatic carbocycles. The maximum Gasteiger partial charge on any atom is 0.264 e. The molecule has 10 heteroatoms. The van der Waals surface area contributed by atoms with E-state index in [2.05, 4.69) is 5.32 Å². The Morgan fingerprint density at radius 2 is 1.61 bits per heavy atom. The largest absolute Gasteiger partial charge is 0.494 e. The molecular weight excluding hydrogens is 545 g/mol. The summed E-state index contributed by atoms with van der Waals surface area (Å²) in [5, 5.41) is 3.03. The van der Waals surface area contributed by atoms with E-state index in [1.54, 1.807) is 61.5 Å². The molecule has 0 aromatic heterocycles. The molecule has 0 spiro atoms. The number of nitrogens with one attached hydrogen (secondary N) is 1. The van der Waals surface area contributed by atoms with Gasteiger partial charge in [0.2, 0.25) is 11.8 Å². The van der Waals surface area contributed by atoms with Gasteiger partial charge in [-0.3, -0.25) is 13.9 Å². The summed E-state index contributed by atoms with van der Waals surface area (Å²) >= 11 is 0. The van der Waals surface area contributed by atoms with Crippen LogP contribution in [-0.2, 0) is 26.2 Å². The van der Waals surface area contributed by atoms with Gasteiger partial charge in [-0.25, -0.2) is 12.8 Å². The SMILES string of the molecule is CCOc1ccc(N(CC(=O)N(Cc2ccc(F)cc2)[C@@H](C)C(=O)NC2CCCC2)S(=O)(=O)c2ccccc2)cc1. The lowest BCUT2D eigenvalue weighted by molar-refractivity contribution is -0.139. The molecule has 1 N–H and O–H groups in total. The lowest BCUT2D eigenvalue weighted by atomic mass is 10.1. The Hall–Kier alpha value is -3.92. The molecule has 0 radical (unpaired) electrons. The minimum atomic E-state index is -4.16.